The lowest BCUT2D eigenvalue weighted by atomic mass is 10.1. The number of nitrogens with one attached hydrogen (secondary N) is 1. The smallest absolute Gasteiger partial charge is 0.195 e. The number of H-pyrrole nitrogens is 1. The van der Waals surface area contributed by atoms with Gasteiger partial charge in [0.1, 0.15) is 5.82 Å². The molecular weight excluding hydrogens is 285 g/mol. The van der Waals surface area contributed by atoms with Crippen molar-refractivity contribution in [3.05, 3.63) is 70.7 Å². The van der Waals surface area contributed by atoms with Crippen LogP contribution >= 0.6 is 12.2 Å². The Balaban J connectivity index is 1.84. The third kappa shape index (κ3) is 3.08. The Kier molecular flexibility index (Phi) is 3.92. The van der Waals surface area contributed by atoms with Crippen molar-refractivity contribution in [1.82, 2.24) is 14.8 Å². The van der Waals surface area contributed by atoms with E-state index in [4.69, 9.17) is 12.2 Å². The Morgan fingerprint density at radius 3 is 2.48 bits per heavy atom. The highest BCUT2D eigenvalue weighted by molar-refractivity contribution is 7.71. The fraction of sp³-hybridized carbons (Fsp3) is 0.125. The van der Waals surface area contributed by atoms with Crippen LogP contribution in [0.3, 0.4) is 0 Å². The maximum Gasteiger partial charge on any atom is 0.195 e. The number of rotatable bonds is 4. The first-order valence-electron chi connectivity index (χ1n) is 6.69. The van der Waals surface area contributed by atoms with E-state index in [0.717, 1.165) is 23.4 Å². The van der Waals surface area contributed by atoms with Crippen LogP contribution in [0, 0.1) is 10.6 Å². The molecule has 0 fully saturated rings. The molecule has 0 radical (unpaired) electrons. The van der Waals surface area contributed by atoms with Crippen molar-refractivity contribution in [2.75, 3.05) is 0 Å². The number of aromatic nitrogens is 3. The van der Waals surface area contributed by atoms with Crippen molar-refractivity contribution in [2.24, 2.45) is 0 Å². The molecular formula is C16H14FN3S. The van der Waals surface area contributed by atoms with Crippen molar-refractivity contribution in [3.8, 4) is 11.4 Å². The Bertz CT molecular complexity index is 775. The molecule has 21 heavy (non-hydrogen) atoms. The molecule has 0 unspecified atom stereocenters. The first kappa shape index (κ1) is 13.7. The molecule has 0 aliphatic carbocycles. The van der Waals surface area contributed by atoms with E-state index in [1.807, 2.05) is 34.9 Å². The highest BCUT2D eigenvalue weighted by Gasteiger charge is 2.08. The van der Waals surface area contributed by atoms with Crippen LogP contribution in [-0.4, -0.2) is 14.8 Å². The third-order valence-corrected chi connectivity index (χ3v) is 3.64. The van der Waals surface area contributed by atoms with E-state index in [0.29, 0.717) is 11.3 Å². The van der Waals surface area contributed by atoms with Crippen molar-refractivity contribution in [2.45, 2.75) is 13.0 Å². The summed E-state index contributed by atoms with van der Waals surface area (Å²) in [5.41, 5.74) is 2.09. The summed E-state index contributed by atoms with van der Waals surface area (Å²) >= 11 is 5.29. The molecule has 2 aromatic carbocycles. The quantitative estimate of drug-likeness (QED) is 0.739. The van der Waals surface area contributed by atoms with E-state index in [1.54, 1.807) is 12.1 Å². The van der Waals surface area contributed by atoms with Crippen LogP contribution in [0.5, 0.6) is 0 Å². The topological polar surface area (TPSA) is 33.6 Å². The SMILES string of the molecule is Fc1ccc(CCn2c(-c3ccccc3)n[nH]c2=S)cc1. The average Bonchev–Trinajstić information content (AvgIpc) is 2.89. The van der Waals surface area contributed by atoms with Gasteiger partial charge in [-0.3, -0.25) is 9.67 Å². The third-order valence-electron chi connectivity index (χ3n) is 3.33. The number of halogens is 1. The average molecular weight is 299 g/mol. The molecule has 0 saturated carbocycles. The minimum Gasteiger partial charge on any atom is -0.300 e. The van der Waals surface area contributed by atoms with Crippen molar-refractivity contribution < 1.29 is 4.39 Å². The van der Waals surface area contributed by atoms with Crippen LogP contribution in [-0.2, 0) is 13.0 Å². The van der Waals surface area contributed by atoms with Gasteiger partial charge in [-0.05, 0) is 36.3 Å². The molecule has 0 saturated heterocycles. The first-order chi connectivity index (χ1) is 10.2. The van der Waals surface area contributed by atoms with E-state index in [1.165, 1.54) is 12.1 Å². The van der Waals surface area contributed by atoms with Crippen LogP contribution in [0.25, 0.3) is 11.4 Å². The van der Waals surface area contributed by atoms with Gasteiger partial charge in [0, 0.05) is 12.1 Å². The normalized spacial score (nSPS) is 10.7. The van der Waals surface area contributed by atoms with Gasteiger partial charge < -0.3 is 0 Å². The molecule has 3 rings (SSSR count). The van der Waals surface area contributed by atoms with E-state index >= 15 is 0 Å². The monoisotopic (exact) mass is 299 g/mol. The van der Waals surface area contributed by atoms with Gasteiger partial charge in [-0.25, -0.2) is 4.39 Å². The summed E-state index contributed by atoms with van der Waals surface area (Å²) in [4.78, 5) is 0. The summed E-state index contributed by atoms with van der Waals surface area (Å²) in [7, 11) is 0. The summed E-state index contributed by atoms with van der Waals surface area (Å²) in [6, 6.07) is 16.4. The van der Waals surface area contributed by atoms with Crippen LogP contribution in [0.2, 0.25) is 0 Å². The highest BCUT2D eigenvalue weighted by Crippen LogP contribution is 2.17. The maximum absolute atomic E-state index is 12.9. The van der Waals surface area contributed by atoms with Crippen molar-refractivity contribution in [3.63, 3.8) is 0 Å². The van der Waals surface area contributed by atoms with Gasteiger partial charge in [0.25, 0.3) is 0 Å². The summed E-state index contributed by atoms with van der Waals surface area (Å²) in [5, 5.41) is 7.14. The molecule has 3 aromatic rings. The standard InChI is InChI=1S/C16H14FN3S/c17-14-8-6-12(7-9-14)10-11-20-15(18-19-16(20)21)13-4-2-1-3-5-13/h1-9H,10-11H2,(H,19,21). The Labute approximate surface area is 127 Å². The minimum absolute atomic E-state index is 0.219. The Hall–Kier alpha value is -2.27. The van der Waals surface area contributed by atoms with E-state index in [-0.39, 0.29) is 5.82 Å². The van der Waals surface area contributed by atoms with Crippen LogP contribution in [0.4, 0.5) is 4.39 Å². The number of nitrogens with zero attached hydrogens (tertiary/aromatic N) is 2. The molecule has 3 nitrogen and oxygen atoms in total. The summed E-state index contributed by atoms with van der Waals surface area (Å²) in [6.45, 7) is 0.700. The number of hydrogen-bond donors (Lipinski definition) is 1. The molecule has 0 aliphatic heterocycles. The van der Waals surface area contributed by atoms with Gasteiger partial charge in [-0.2, -0.15) is 5.10 Å². The molecule has 0 atom stereocenters. The van der Waals surface area contributed by atoms with Gasteiger partial charge >= 0.3 is 0 Å². The van der Waals surface area contributed by atoms with Gasteiger partial charge in [-0.15, -0.1) is 0 Å². The van der Waals surface area contributed by atoms with E-state index in [2.05, 4.69) is 10.2 Å². The minimum atomic E-state index is -0.219. The molecule has 1 N–H and O–H groups in total. The zero-order chi connectivity index (χ0) is 14.7. The predicted molar refractivity (Wildman–Crippen MR) is 83.0 cm³/mol. The van der Waals surface area contributed by atoms with Gasteiger partial charge in [-0.1, -0.05) is 42.5 Å². The molecule has 1 aromatic heterocycles. The Morgan fingerprint density at radius 2 is 1.76 bits per heavy atom. The first-order valence-corrected chi connectivity index (χ1v) is 7.10. The van der Waals surface area contributed by atoms with Crippen molar-refractivity contribution >= 4 is 12.2 Å². The second-order valence-electron chi connectivity index (χ2n) is 4.75. The molecule has 0 spiro atoms. The lowest BCUT2D eigenvalue weighted by Crippen LogP contribution is -2.04. The second kappa shape index (κ2) is 6.01. The molecule has 5 heteroatoms. The Morgan fingerprint density at radius 1 is 1.05 bits per heavy atom. The van der Waals surface area contributed by atoms with Crippen molar-refractivity contribution in [1.29, 1.82) is 0 Å². The zero-order valence-electron chi connectivity index (χ0n) is 11.3. The fourth-order valence-electron chi connectivity index (χ4n) is 2.22. The van der Waals surface area contributed by atoms with E-state index < -0.39 is 0 Å². The lowest BCUT2D eigenvalue weighted by molar-refractivity contribution is 0.625. The van der Waals surface area contributed by atoms with E-state index in [9.17, 15) is 4.39 Å². The lowest BCUT2D eigenvalue weighted by Gasteiger charge is -2.07. The number of hydrogen-bond acceptors (Lipinski definition) is 2. The number of aromatic amines is 1. The number of aryl methyl sites for hydroxylation is 1. The second-order valence-corrected chi connectivity index (χ2v) is 5.13. The highest BCUT2D eigenvalue weighted by atomic mass is 32.1. The molecule has 0 aliphatic rings. The molecule has 0 amide bonds. The number of benzene rings is 2. The maximum atomic E-state index is 12.9. The predicted octanol–water partition coefficient (Wildman–Crippen LogP) is 3.99. The van der Waals surface area contributed by atoms with Crippen LogP contribution in [0.1, 0.15) is 5.56 Å². The summed E-state index contributed by atoms with van der Waals surface area (Å²) in [5.74, 6) is 0.603. The van der Waals surface area contributed by atoms with Gasteiger partial charge in [0.2, 0.25) is 0 Å². The van der Waals surface area contributed by atoms with Crippen LogP contribution in [0.15, 0.2) is 54.6 Å². The summed E-state index contributed by atoms with van der Waals surface area (Å²) in [6.07, 6.45) is 0.772. The summed E-state index contributed by atoms with van der Waals surface area (Å²) < 4.78 is 15.5. The van der Waals surface area contributed by atoms with Gasteiger partial charge in [0.05, 0.1) is 0 Å². The zero-order valence-corrected chi connectivity index (χ0v) is 12.1. The molecule has 1 heterocycles. The fourth-order valence-corrected chi connectivity index (χ4v) is 2.45. The molecule has 0 bridgehead atoms. The largest absolute Gasteiger partial charge is 0.300 e. The van der Waals surface area contributed by atoms with Gasteiger partial charge in [0.15, 0.2) is 10.6 Å². The van der Waals surface area contributed by atoms with Crippen LogP contribution < -0.4 is 0 Å². The molecule has 106 valence electrons.